The molecule has 0 aromatic carbocycles. The molecule has 1 atom stereocenters. The molecule has 1 aromatic rings. The van der Waals surface area contributed by atoms with E-state index in [9.17, 15) is 9.59 Å². The molecule has 140 valence electrons. The van der Waals surface area contributed by atoms with Crippen LogP contribution in [0.25, 0.3) is 0 Å². The molecule has 7 heteroatoms. The van der Waals surface area contributed by atoms with Gasteiger partial charge in [-0.1, -0.05) is 13.8 Å². The van der Waals surface area contributed by atoms with Crippen molar-refractivity contribution in [2.24, 2.45) is 0 Å². The van der Waals surface area contributed by atoms with Crippen molar-refractivity contribution >= 4 is 11.7 Å². The molecule has 1 unspecified atom stereocenters. The second-order valence-electron chi connectivity index (χ2n) is 7.44. The molecule has 1 aromatic heterocycles. The van der Waals surface area contributed by atoms with Crippen LogP contribution in [0.4, 0.5) is 5.82 Å². The molecule has 0 bridgehead atoms. The summed E-state index contributed by atoms with van der Waals surface area (Å²) in [4.78, 5) is 33.9. The van der Waals surface area contributed by atoms with Gasteiger partial charge in [-0.2, -0.15) is 6.92 Å². The topological polar surface area (TPSA) is 58.4 Å². The Balaban J connectivity index is 0.00000312. The van der Waals surface area contributed by atoms with E-state index in [1.807, 2.05) is 13.8 Å². The van der Waals surface area contributed by atoms with Crippen LogP contribution in [0.2, 0.25) is 0 Å². The summed E-state index contributed by atoms with van der Waals surface area (Å²) in [7, 11) is 5.35. The number of rotatable bonds is 3. The van der Waals surface area contributed by atoms with Crippen LogP contribution in [-0.2, 0) is 31.3 Å². The average Bonchev–Trinajstić information content (AvgIpc) is 2.65. The quantitative estimate of drug-likeness (QED) is 0.578. The smallest absolute Gasteiger partial charge is 0.294 e. The SMILES string of the molecule is C[CH-]N(C)C(=O)C1CCCC(C)(C)c2c(C)nc(N(C)C)c(=O)n21.[W]. The van der Waals surface area contributed by atoms with Gasteiger partial charge in [0, 0.05) is 46.3 Å². The summed E-state index contributed by atoms with van der Waals surface area (Å²) < 4.78 is 1.72. The maximum atomic E-state index is 13.2. The summed E-state index contributed by atoms with van der Waals surface area (Å²) in [6.07, 6.45) is 2.50. The molecule has 0 spiro atoms. The first-order valence-electron chi connectivity index (χ1n) is 8.49. The van der Waals surface area contributed by atoms with Gasteiger partial charge in [-0.15, -0.1) is 0 Å². The number of hydrogen-bond donors (Lipinski definition) is 0. The third-order valence-corrected chi connectivity index (χ3v) is 4.94. The van der Waals surface area contributed by atoms with Gasteiger partial charge in [-0.05, 0) is 33.2 Å². The van der Waals surface area contributed by atoms with Gasteiger partial charge >= 0.3 is 0 Å². The van der Waals surface area contributed by atoms with E-state index in [0.29, 0.717) is 12.2 Å². The first-order chi connectivity index (χ1) is 11.1. The number of amides is 1. The number of carbonyl (C=O) groups is 1. The zero-order chi connectivity index (χ0) is 18.2. The van der Waals surface area contributed by atoms with Gasteiger partial charge in [0.25, 0.3) is 5.56 Å². The summed E-state index contributed by atoms with van der Waals surface area (Å²) >= 11 is 0. The second-order valence-corrected chi connectivity index (χ2v) is 7.44. The van der Waals surface area contributed by atoms with Gasteiger partial charge in [-0.25, -0.2) is 11.5 Å². The standard InChI is InChI=1S/C18H29N4O2.W/c1-8-21(7)16(23)13-10-9-11-18(3,4)14-12(2)19-15(20(5)6)17(24)22(13)14;/h8,13H,9-11H2,1-7H3;/q-1;. The molecule has 25 heavy (non-hydrogen) atoms. The van der Waals surface area contributed by atoms with E-state index in [2.05, 4.69) is 18.8 Å². The van der Waals surface area contributed by atoms with Gasteiger partial charge in [0.2, 0.25) is 5.91 Å². The molecule has 1 aliphatic heterocycles. The Morgan fingerprint density at radius 2 is 1.92 bits per heavy atom. The van der Waals surface area contributed by atoms with Crippen LogP contribution in [0, 0.1) is 13.5 Å². The van der Waals surface area contributed by atoms with Gasteiger partial charge in [-0.3, -0.25) is 14.2 Å². The maximum Gasteiger partial charge on any atom is 0.294 e. The minimum Gasteiger partial charge on any atom is -0.494 e. The van der Waals surface area contributed by atoms with Crippen molar-refractivity contribution in [3.63, 3.8) is 0 Å². The number of anilines is 1. The van der Waals surface area contributed by atoms with Crippen LogP contribution >= 0.6 is 0 Å². The first-order valence-corrected chi connectivity index (χ1v) is 8.49. The third kappa shape index (κ3) is 3.99. The van der Waals surface area contributed by atoms with Gasteiger partial charge in [0.1, 0.15) is 6.04 Å². The molecule has 2 rings (SSSR count). The summed E-state index contributed by atoms with van der Waals surface area (Å²) in [6, 6.07) is -0.476. The third-order valence-electron chi connectivity index (χ3n) is 4.94. The van der Waals surface area contributed by atoms with Crippen molar-refractivity contribution in [3.8, 4) is 0 Å². The van der Waals surface area contributed by atoms with Crippen molar-refractivity contribution in [2.45, 2.75) is 58.4 Å². The minimum absolute atomic E-state index is 0. The average molecular weight is 517 g/mol. The van der Waals surface area contributed by atoms with Crippen molar-refractivity contribution < 1.29 is 25.9 Å². The fourth-order valence-corrected chi connectivity index (χ4v) is 3.63. The Labute approximate surface area is 164 Å². The normalized spacial score (nSPS) is 18.6. The van der Waals surface area contributed by atoms with Crippen LogP contribution in [0.15, 0.2) is 4.79 Å². The largest absolute Gasteiger partial charge is 0.494 e. The van der Waals surface area contributed by atoms with Crippen LogP contribution < -0.4 is 10.5 Å². The molecule has 1 aliphatic rings. The number of likely N-dealkylation sites (N-methyl/N-ethyl adjacent to an activating group) is 1. The molecule has 2 heterocycles. The first kappa shape index (κ1) is 21.9. The molecule has 0 aliphatic carbocycles. The van der Waals surface area contributed by atoms with E-state index in [4.69, 9.17) is 0 Å². The molecular formula is C18H29N4O2W-. The van der Waals surface area contributed by atoms with Crippen molar-refractivity contribution in [1.29, 1.82) is 0 Å². The Morgan fingerprint density at radius 3 is 2.44 bits per heavy atom. The molecular weight excluding hydrogens is 488 g/mol. The fourth-order valence-electron chi connectivity index (χ4n) is 3.63. The zero-order valence-corrected chi connectivity index (χ0v) is 19.2. The molecule has 0 saturated carbocycles. The van der Waals surface area contributed by atoms with Crippen LogP contribution in [-0.4, -0.2) is 41.5 Å². The van der Waals surface area contributed by atoms with E-state index < -0.39 is 6.04 Å². The van der Waals surface area contributed by atoms with Crippen molar-refractivity contribution in [3.05, 3.63) is 28.3 Å². The monoisotopic (exact) mass is 517 g/mol. The van der Waals surface area contributed by atoms with E-state index in [0.717, 1.165) is 24.2 Å². The van der Waals surface area contributed by atoms with Crippen LogP contribution in [0.5, 0.6) is 0 Å². The van der Waals surface area contributed by atoms with Crippen molar-refractivity contribution in [1.82, 2.24) is 14.5 Å². The number of aryl methyl sites for hydroxylation is 1. The Kier molecular flexibility index (Phi) is 7.02. The summed E-state index contributed by atoms with van der Waals surface area (Å²) in [6.45, 7) is 9.76. The Hall–Kier alpha value is -1.16. The van der Waals surface area contributed by atoms with E-state index in [-0.39, 0.29) is 37.9 Å². The van der Waals surface area contributed by atoms with Gasteiger partial charge < -0.3 is 9.80 Å². The second kappa shape index (κ2) is 8.03. The van der Waals surface area contributed by atoms with Crippen LogP contribution in [0.3, 0.4) is 0 Å². The van der Waals surface area contributed by atoms with E-state index in [1.165, 1.54) is 0 Å². The molecule has 0 radical (unpaired) electrons. The zero-order valence-electron chi connectivity index (χ0n) is 16.3. The summed E-state index contributed by atoms with van der Waals surface area (Å²) in [5.41, 5.74) is 1.34. The molecule has 0 saturated heterocycles. The number of fused-ring (bicyclic) bond motifs is 1. The predicted molar refractivity (Wildman–Crippen MR) is 96.2 cm³/mol. The van der Waals surface area contributed by atoms with E-state index >= 15 is 0 Å². The fraction of sp³-hybridized carbons (Fsp3) is 0.667. The Morgan fingerprint density at radius 1 is 1.32 bits per heavy atom. The number of nitrogens with zero attached hydrogens (tertiary/aromatic N) is 4. The number of carbonyl (C=O) groups excluding carboxylic acids is 1. The summed E-state index contributed by atoms with van der Waals surface area (Å²) in [5.74, 6) is 0.337. The molecule has 0 fully saturated rings. The van der Waals surface area contributed by atoms with Crippen LogP contribution in [0.1, 0.15) is 57.5 Å². The minimum atomic E-state index is -0.476. The summed E-state index contributed by atoms with van der Waals surface area (Å²) in [5, 5.41) is 0. The molecule has 0 N–H and O–H groups in total. The van der Waals surface area contributed by atoms with Gasteiger partial charge in [0.05, 0.1) is 5.69 Å². The van der Waals surface area contributed by atoms with E-state index in [1.54, 1.807) is 42.1 Å². The molecule has 6 nitrogen and oxygen atoms in total. The van der Waals surface area contributed by atoms with Gasteiger partial charge in [0.15, 0.2) is 5.82 Å². The Bertz CT molecular complexity index is 697. The molecule has 1 amide bonds. The predicted octanol–water partition coefficient (Wildman–Crippen LogP) is 2.26. The maximum absolute atomic E-state index is 13.2. The number of hydrogen-bond acceptors (Lipinski definition) is 4. The number of aromatic nitrogens is 2. The van der Waals surface area contributed by atoms with Crippen molar-refractivity contribution in [2.75, 3.05) is 26.0 Å².